The molecule has 104 valence electrons. The number of rotatable bonds is 2. The first-order valence-corrected chi connectivity index (χ1v) is 7.19. The highest BCUT2D eigenvalue weighted by Crippen LogP contribution is 2.32. The number of halogens is 3. The van der Waals surface area contributed by atoms with Gasteiger partial charge in [-0.3, -0.25) is 4.79 Å². The third-order valence-electron chi connectivity index (χ3n) is 3.21. The van der Waals surface area contributed by atoms with Crippen molar-refractivity contribution in [2.75, 3.05) is 0 Å². The van der Waals surface area contributed by atoms with Gasteiger partial charge in [-0.2, -0.15) is 13.2 Å². The zero-order chi connectivity index (χ0) is 14.0. The third-order valence-corrected chi connectivity index (χ3v) is 5.02. The highest BCUT2D eigenvalue weighted by molar-refractivity contribution is 7.92. The van der Waals surface area contributed by atoms with E-state index in [9.17, 15) is 22.5 Å². The molecule has 1 fully saturated rings. The van der Waals surface area contributed by atoms with Gasteiger partial charge in [-0.1, -0.05) is 0 Å². The molecule has 0 heterocycles. The zero-order valence-corrected chi connectivity index (χ0v) is 10.9. The number of carbonyl (C=O) groups is 1. The Kier molecular flexibility index (Phi) is 4.20. The Morgan fingerprint density at radius 1 is 1.11 bits per heavy atom. The fourth-order valence-electron chi connectivity index (χ4n) is 2.10. The SMILES string of the molecule is O=C1CCC([S+]([O-])c2ccc(C(F)(F)F)cc2)CC1. The number of ketones is 1. The van der Waals surface area contributed by atoms with Crippen molar-refractivity contribution in [1.29, 1.82) is 0 Å². The van der Waals surface area contributed by atoms with E-state index in [4.69, 9.17) is 0 Å². The van der Waals surface area contributed by atoms with E-state index in [2.05, 4.69) is 0 Å². The molecule has 2 rings (SSSR count). The zero-order valence-electron chi connectivity index (χ0n) is 10.1. The largest absolute Gasteiger partial charge is 0.611 e. The Bertz CT molecular complexity index is 446. The smallest absolute Gasteiger partial charge is 0.416 e. The van der Waals surface area contributed by atoms with Gasteiger partial charge in [-0.25, -0.2) is 0 Å². The van der Waals surface area contributed by atoms with E-state index in [0.29, 0.717) is 30.6 Å². The number of Topliss-reactive ketones (excluding diaryl/α,β-unsaturated/α-hetero) is 1. The molecule has 0 spiro atoms. The average molecular weight is 290 g/mol. The fraction of sp³-hybridized carbons (Fsp3) is 0.462. The van der Waals surface area contributed by atoms with Crippen LogP contribution in [0.25, 0.3) is 0 Å². The number of benzene rings is 1. The highest BCUT2D eigenvalue weighted by Gasteiger charge is 2.32. The molecule has 0 radical (unpaired) electrons. The summed E-state index contributed by atoms with van der Waals surface area (Å²) < 4.78 is 49.4. The molecule has 2 nitrogen and oxygen atoms in total. The molecule has 0 saturated heterocycles. The minimum atomic E-state index is -4.38. The first kappa shape index (κ1) is 14.4. The Balaban J connectivity index is 2.07. The monoisotopic (exact) mass is 290 g/mol. The van der Waals surface area contributed by atoms with Gasteiger partial charge in [-0.15, -0.1) is 0 Å². The van der Waals surface area contributed by atoms with Crippen LogP contribution in [-0.2, 0) is 22.1 Å². The Hall–Kier alpha value is -1.01. The minimum absolute atomic E-state index is 0.130. The third kappa shape index (κ3) is 3.51. The van der Waals surface area contributed by atoms with E-state index in [1.807, 2.05) is 0 Å². The first-order valence-electron chi connectivity index (χ1n) is 5.97. The van der Waals surface area contributed by atoms with Gasteiger partial charge in [-0.05, 0) is 35.4 Å². The summed E-state index contributed by atoms with van der Waals surface area (Å²) in [5.41, 5.74) is -0.743. The van der Waals surface area contributed by atoms with E-state index in [0.717, 1.165) is 12.1 Å². The second-order valence-corrected chi connectivity index (χ2v) is 6.29. The lowest BCUT2D eigenvalue weighted by Crippen LogP contribution is -2.27. The van der Waals surface area contributed by atoms with Gasteiger partial charge in [0.2, 0.25) is 0 Å². The van der Waals surface area contributed by atoms with Gasteiger partial charge in [0.05, 0.1) is 5.56 Å². The van der Waals surface area contributed by atoms with Crippen LogP contribution in [0.4, 0.5) is 13.2 Å². The lowest BCUT2D eigenvalue weighted by Gasteiger charge is -2.24. The van der Waals surface area contributed by atoms with Crippen molar-refractivity contribution in [3.8, 4) is 0 Å². The Morgan fingerprint density at radius 2 is 1.63 bits per heavy atom. The molecule has 1 aliphatic rings. The molecule has 6 heteroatoms. The molecule has 1 atom stereocenters. The maximum absolute atomic E-state index is 12.4. The standard InChI is InChI=1S/C13H13F3O2S/c14-13(15,16)9-1-5-11(6-2-9)19(18)12-7-3-10(17)4-8-12/h1-2,5-6,12H,3-4,7-8H2. The molecule has 0 aliphatic heterocycles. The van der Waals surface area contributed by atoms with Crippen LogP contribution in [0.3, 0.4) is 0 Å². The van der Waals surface area contributed by atoms with Crippen molar-refractivity contribution in [2.45, 2.75) is 42.0 Å². The predicted molar refractivity (Wildman–Crippen MR) is 65.1 cm³/mol. The Labute approximate surface area is 112 Å². The number of hydrogen-bond acceptors (Lipinski definition) is 2. The maximum Gasteiger partial charge on any atom is 0.416 e. The summed E-state index contributed by atoms with van der Waals surface area (Å²) in [4.78, 5) is 11.5. The first-order chi connectivity index (χ1) is 8.88. The summed E-state index contributed by atoms with van der Waals surface area (Å²) >= 11 is -1.34. The van der Waals surface area contributed by atoms with Gasteiger partial charge >= 0.3 is 6.18 Å². The van der Waals surface area contributed by atoms with Crippen molar-refractivity contribution in [1.82, 2.24) is 0 Å². The van der Waals surface area contributed by atoms with Crippen LogP contribution in [0, 0.1) is 0 Å². The summed E-state index contributed by atoms with van der Waals surface area (Å²) in [6.07, 6.45) is -2.45. The van der Waals surface area contributed by atoms with E-state index in [-0.39, 0.29) is 11.0 Å². The van der Waals surface area contributed by atoms with Crippen LogP contribution in [0.1, 0.15) is 31.2 Å². The molecule has 1 saturated carbocycles. The summed E-state index contributed by atoms with van der Waals surface area (Å²) in [6.45, 7) is 0. The summed E-state index contributed by atoms with van der Waals surface area (Å²) in [5.74, 6) is 0.167. The molecule has 0 amide bonds. The molecule has 0 bridgehead atoms. The summed E-state index contributed by atoms with van der Waals surface area (Å²) in [7, 11) is 0. The second-order valence-electron chi connectivity index (χ2n) is 4.56. The summed E-state index contributed by atoms with van der Waals surface area (Å²) in [6, 6.07) is 4.41. The van der Waals surface area contributed by atoms with E-state index in [1.165, 1.54) is 12.1 Å². The number of hydrogen-bond donors (Lipinski definition) is 0. The fourth-order valence-corrected chi connectivity index (χ4v) is 3.55. The molecule has 19 heavy (non-hydrogen) atoms. The van der Waals surface area contributed by atoms with Crippen LogP contribution in [-0.4, -0.2) is 15.6 Å². The van der Waals surface area contributed by atoms with E-state index >= 15 is 0 Å². The molecule has 1 unspecified atom stereocenters. The number of carbonyl (C=O) groups excluding carboxylic acids is 1. The average Bonchev–Trinajstić information content (AvgIpc) is 2.38. The van der Waals surface area contributed by atoms with E-state index < -0.39 is 22.9 Å². The van der Waals surface area contributed by atoms with Crippen LogP contribution in [0.5, 0.6) is 0 Å². The van der Waals surface area contributed by atoms with Crippen molar-refractivity contribution in [2.24, 2.45) is 0 Å². The van der Waals surface area contributed by atoms with Crippen LogP contribution >= 0.6 is 0 Å². The normalized spacial score (nSPS) is 19.5. The number of alkyl halides is 3. The predicted octanol–water partition coefficient (Wildman–Crippen LogP) is 3.32. The van der Waals surface area contributed by atoms with Gasteiger partial charge in [0.1, 0.15) is 11.0 Å². The molecule has 0 aromatic heterocycles. The summed E-state index contributed by atoms with van der Waals surface area (Å²) in [5, 5.41) is -0.130. The molecule has 1 aromatic carbocycles. The van der Waals surface area contributed by atoms with Gasteiger partial charge in [0.15, 0.2) is 4.90 Å². The van der Waals surface area contributed by atoms with Crippen LogP contribution in [0.15, 0.2) is 29.2 Å². The van der Waals surface area contributed by atoms with Crippen LogP contribution < -0.4 is 0 Å². The maximum atomic E-state index is 12.4. The van der Waals surface area contributed by atoms with Gasteiger partial charge in [0, 0.05) is 25.7 Å². The Morgan fingerprint density at radius 3 is 2.11 bits per heavy atom. The van der Waals surface area contributed by atoms with Crippen molar-refractivity contribution in [3.05, 3.63) is 29.8 Å². The highest BCUT2D eigenvalue weighted by atomic mass is 32.2. The molecule has 1 aliphatic carbocycles. The molecular formula is C13H13F3O2S. The lowest BCUT2D eigenvalue weighted by molar-refractivity contribution is -0.137. The van der Waals surface area contributed by atoms with Crippen molar-refractivity contribution in [3.63, 3.8) is 0 Å². The second kappa shape index (κ2) is 5.54. The topological polar surface area (TPSA) is 40.1 Å². The molecular weight excluding hydrogens is 277 g/mol. The van der Waals surface area contributed by atoms with Gasteiger partial charge in [0.25, 0.3) is 0 Å². The van der Waals surface area contributed by atoms with Crippen LogP contribution in [0.2, 0.25) is 0 Å². The van der Waals surface area contributed by atoms with Crippen molar-refractivity contribution >= 4 is 17.0 Å². The quantitative estimate of drug-likeness (QED) is 0.784. The lowest BCUT2D eigenvalue weighted by atomic mass is 9.99. The van der Waals surface area contributed by atoms with E-state index in [1.54, 1.807) is 0 Å². The minimum Gasteiger partial charge on any atom is -0.611 e. The molecule has 1 aromatic rings. The van der Waals surface area contributed by atoms with Crippen molar-refractivity contribution < 1.29 is 22.5 Å². The van der Waals surface area contributed by atoms with Gasteiger partial charge < -0.3 is 4.55 Å². The molecule has 0 N–H and O–H groups in total.